The number of aromatic carboxylic acids is 1. The largest absolute Gasteiger partial charge is 0.493 e. The summed E-state index contributed by atoms with van der Waals surface area (Å²) in [4.78, 5) is 23.8. The molecule has 0 spiro atoms. The summed E-state index contributed by atoms with van der Waals surface area (Å²) < 4.78 is 13.1. The maximum absolute atomic E-state index is 12.7. The first-order valence-corrected chi connectivity index (χ1v) is 11.4. The van der Waals surface area contributed by atoms with E-state index in [1.165, 1.54) is 22.8 Å². The number of aromatic nitrogens is 1. The van der Waals surface area contributed by atoms with E-state index < -0.39 is 5.97 Å². The summed E-state index contributed by atoms with van der Waals surface area (Å²) in [5.74, 6) is 0.322. The molecule has 0 saturated heterocycles. The first kappa shape index (κ1) is 24.7. The molecule has 6 nitrogen and oxygen atoms in total. The van der Waals surface area contributed by atoms with Crippen LogP contribution in [0.1, 0.15) is 41.4 Å². The zero-order valence-electron chi connectivity index (χ0n) is 18.2. The fraction of sp³-hybridized carbons (Fsp3) is 0.280. The van der Waals surface area contributed by atoms with Crippen LogP contribution in [-0.2, 0) is 19.6 Å². The van der Waals surface area contributed by atoms with Crippen molar-refractivity contribution in [1.82, 2.24) is 4.57 Å². The van der Waals surface area contributed by atoms with Crippen molar-refractivity contribution in [2.45, 2.75) is 39.3 Å². The number of aryl methyl sites for hydroxylation is 1. The van der Waals surface area contributed by atoms with E-state index >= 15 is 0 Å². The van der Waals surface area contributed by atoms with Crippen LogP contribution in [0.3, 0.4) is 0 Å². The second-order valence-corrected chi connectivity index (χ2v) is 8.28. The van der Waals surface area contributed by atoms with E-state index in [4.69, 9.17) is 37.8 Å². The van der Waals surface area contributed by atoms with Gasteiger partial charge in [-0.05, 0) is 48.7 Å². The lowest BCUT2D eigenvalue weighted by molar-refractivity contribution is 0.0697. The number of carboxylic acids is 1. The Kier molecular flexibility index (Phi) is 8.80. The van der Waals surface area contributed by atoms with E-state index in [1.54, 1.807) is 18.2 Å². The first-order chi connectivity index (χ1) is 15.9. The van der Waals surface area contributed by atoms with Crippen molar-refractivity contribution in [3.05, 3.63) is 91.8 Å². The Morgan fingerprint density at radius 2 is 1.70 bits per heavy atom. The predicted octanol–water partition coefficient (Wildman–Crippen LogP) is 5.85. The number of hydrogen-bond acceptors (Lipinski definition) is 4. The Morgan fingerprint density at radius 1 is 1.00 bits per heavy atom. The van der Waals surface area contributed by atoms with Crippen LogP contribution in [0, 0.1) is 0 Å². The highest BCUT2D eigenvalue weighted by molar-refractivity contribution is 6.34. The van der Waals surface area contributed by atoms with Crippen LogP contribution in [0.4, 0.5) is 0 Å². The highest BCUT2D eigenvalue weighted by atomic mass is 35.5. The number of halogens is 2. The van der Waals surface area contributed by atoms with E-state index in [-0.39, 0.29) is 22.8 Å². The van der Waals surface area contributed by atoms with Crippen molar-refractivity contribution in [3.8, 4) is 11.5 Å². The summed E-state index contributed by atoms with van der Waals surface area (Å²) in [6, 6.07) is 15.2. The van der Waals surface area contributed by atoms with Crippen LogP contribution < -0.4 is 15.0 Å². The van der Waals surface area contributed by atoms with Gasteiger partial charge >= 0.3 is 5.97 Å². The molecule has 0 atom stereocenters. The zero-order chi connectivity index (χ0) is 23.8. The molecule has 1 heterocycles. The fourth-order valence-electron chi connectivity index (χ4n) is 3.21. The van der Waals surface area contributed by atoms with Crippen LogP contribution in [0.2, 0.25) is 10.0 Å². The summed E-state index contributed by atoms with van der Waals surface area (Å²) in [7, 11) is 0. The molecule has 0 saturated carbocycles. The SMILES string of the molecule is CCCCOc1cccc(OCc2c(Cl)cc(Cl)c(=O)n2CCc2ccc(C(=O)O)cc2)c1. The van der Waals surface area contributed by atoms with Crippen molar-refractivity contribution < 1.29 is 19.4 Å². The maximum atomic E-state index is 12.7. The van der Waals surface area contributed by atoms with Gasteiger partial charge in [0.05, 0.1) is 22.9 Å². The van der Waals surface area contributed by atoms with E-state index in [9.17, 15) is 9.59 Å². The summed E-state index contributed by atoms with van der Waals surface area (Å²) in [6.07, 6.45) is 2.51. The number of rotatable bonds is 11. The predicted molar refractivity (Wildman–Crippen MR) is 129 cm³/mol. The molecule has 33 heavy (non-hydrogen) atoms. The van der Waals surface area contributed by atoms with Gasteiger partial charge in [-0.1, -0.05) is 54.7 Å². The van der Waals surface area contributed by atoms with Crippen LogP contribution in [-0.4, -0.2) is 22.2 Å². The topological polar surface area (TPSA) is 77.8 Å². The van der Waals surface area contributed by atoms with Crippen LogP contribution >= 0.6 is 23.2 Å². The summed E-state index contributed by atoms with van der Waals surface area (Å²) >= 11 is 12.5. The second kappa shape index (κ2) is 11.8. The molecule has 0 aliphatic heterocycles. The first-order valence-electron chi connectivity index (χ1n) is 10.6. The second-order valence-electron chi connectivity index (χ2n) is 7.46. The summed E-state index contributed by atoms with van der Waals surface area (Å²) in [5.41, 5.74) is 1.23. The van der Waals surface area contributed by atoms with Gasteiger partial charge in [0, 0.05) is 12.6 Å². The third kappa shape index (κ3) is 6.76. The van der Waals surface area contributed by atoms with Crippen molar-refractivity contribution in [3.63, 3.8) is 0 Å². The van der Waals surface area contributed by atoms with Gasteiger partial charge in [0.25, 0.3) is 5.56 Å². The monoisotopic (exact) mass is 489 g/mol. The Hall–Kier alpha value is -2.96. The van der Waals surface area contributed by atoms with Gasteiger partial charge in [0.2, 0.25) is 0 Å². The Balaban J connectivity index is 1.75. The van der Waals surface area contributed by atoms with Crippen LogP contribution in [0.5, 0.6) is 11.5 Å². The van der Waals surface area contributed by atoms with Crippen LogP contribution in [0.25, 0.3) is 0 Å². The molecule has 0 bridgehead atoms. The molecule has 0 fully saturated rings. The minimum Gasteiger partial charge on any atom is -0.493 e. The number of carbonyl (C=O) groups is 1. The van der Waals surface area contributed by atoms with Gasteiger partial charge in [-0.25, -0.2) is 4.79 Å². The molecule has 1 aromatic heterocycles. The van der Waals surface area contributed by atoms with Gasteiger partial charge in [-0.3, -0.25) is 4.79 Å². The number of pyridine rings is 1. The van der Waals surface area contributed by atoms with Gasteiger partial charge in [0.1, 0.15) is 23.1 Å². The van der Waals surface area contributed by atoms with Gasteiger partial charge < -0.3 is 19.1 Å². The normalized spacial score (nSPS) is 10.8. The molecule has 0 amide bonds. The number of nitrogens with zero attached hydrogens (tertiary/aromatic N) is 1. The standard InChI is InChI=1S/C25H25Cl2NO5/c1-2-3-13-32-19-5-4-6-20(14-19)33-16-23-21(26)15-22(27)24(29)28(23)12-11-17-7-9-18(10-8-17)25(30)31/h4-10,14-15H,2-3,11-13,16H2,1H3,(H,30,31). The minimum absolute atomic E-state index is 0.0243. The maximum Gasteiger partial charge on any atom is 0.335 e. The number of hydrogen-bond donors (Lipinski definition) is 1. The molecule has 8 heteroatoms. The molecular formula is C25H25Cl2NO5. The van der Waals surface area contributed by atoms with Gasteiger partial charge in [-0.15, -0.1) is 0 Å². The number of carboxylic acid groups (broad SMARTS) is 1. The molecule has 1 N–H and O–H groups in total. The third-order valence-corrected chi connectivity index (χ3v) is 5.68. The number of unbranched alkanes of at least 4 members (excludes halogenated alkanes) is 1. The minimum atomic E-state index is -0.987. The Bertz CT molecular complexity index is 1160. The van der Waals surface area contributed by atoms with E-state index in [0.29, 0.717) is 41.8 Å². The Morgan fingerprint density at radius 3 is 2.36 bits per heavy atom. The summed E-state index contributed by atoms with van der Waals surface area (Å²) in [6.45, 7) is 3.12. The third-order valence-electron chi connectivity index (χ3n) is 5.08. The quantitative estimate of drug-likeness (QED) is 0.341. The zero-order valence-corrected chi connectivity index (χ0v) is 19.7. The highest BCUT2D eigenvalue weighted by Crippen LogP contribution is 2.24. The highest BCUT2D eigenvalue weighted by Gasteiger charge is 2.14. The lowest BCUT2D eigenvalue weighted by Crippen LogP contribution is -2.26. The van der Waals surface area contributed by atoms with Crippen molar-refractivity contribution in [2.75, 3.05) is 6.61 Å². The van der Waals surface area contributed by atoms with Gasteiger partial charge in [-0.2, -0.15) is 0 Å². The average molecular weight is 490 g/mol. The van der Waals surface area contributed by atoms with Crippen molar-refractivity contribution in [1.29, 1.82) is 0 Å². The molecule has 174 valence electrons. The number of ether oxygens (including phenoxy) is 2. The van der Waals surface area contributed by atoms with E-state index in [2.05, 4.69) is 6.92 Å². The van der Waals surface area contributed by atoms with Gasteiger partial charge in [0.15, 0.2) is 0 Å². The lowest BCUT2D eigenvalue weighted by Gasteiger charge is -2.16. The molecule has 3 rings (SSSR count). The molecule has 0 unspecified atom stereocenters. The molecule has 0 aliphatic carbocycles. The molecule has 0 radical (unpaired) electrons. The molecular weight excluding hydrogens is 465 g/mol. The smallest absolute Gasteiger partial charge is 0.335 e. The fourth-order valence-corrected chi connectivity index (χ4v) is 3.75. The molecule has 3 aromatic rings. The number of benzene rings is 2. The Labute approximate surface area is 202 Å². The summed E-state index contributed by atoms with van der Waals surface area (Å²) in [5, 5.41) is 9.40. The van der Waals surface area contributed by atoms with E-state index in [0.717, 1.165) is 18.4 Å². The molecule has 2 aromatic carbocycles. The molecule has 0 aliphatic rings. The van der Waals surface area contributed by atoms with E-state index in [1.807, 2.05) is 18.2 Å². The lowest BCUT2D eigenvalue weighted by atomic mass is 10.1. The van der Waals surface area contributed by atoms with Crippen LogP contribution in [0.15, 0.2) is 59.4 Å². The van der Waals surface area contributed by atoms with Crippen molar-refractivity contribution >= 4 is 29.2 Å². The average Bonchev–Trinajstić information content (AvgIpc) is 2.80. The van der Waals surface area contributed by atoms with Crippen molar-refractivity contribution in [2.24, 2.45) is 0 Å².